The fourth-order valence-corrected chi connectivity index (χ4v) is 2.94. The second-order valence-electron chi connectivity index (χ2n) is 6.26. The van der Waals surface area contributed by atoms with E-state index in [2.05, 4.69) is 20.6 Å². The summed E-state index contributed by atoms with van der Waals surface area (Å²) in [4.78, 5) is 31.0. The Hall–Kier alpha value is -2.37. The molecule has 1 atom stereocenters. The van der Waals surface area contributed by atoms with E-state index in [-0.39, 0.29) is 11.8 Å². The van der Waals surface area contributed by atoms with Gasteiger partial charge in [0.1, 0.15) is 6.04 Å². The van der Waals surface area contributed by atoms with Gasteiger partial charge in [0.05, 0.1) is 17.4 Å². The summed E-state index contributed by atoms with van der Waals surface area (Å²) >= 11 is 0. The van der Waals surface area contributed by atoms with Crippen molar-refractivity contribution in [1.82, 2.24) is 20.6 Å². The predicted octanol–water partition coefficient (Wildman–Crippen LogP) is 1.87. The van der Waals surface area contributed by atoms with Crippen LogP contribution in [0.3, 0.4) is 0 Å². The molecule has 0 unspecified atom stereocenters. The zero-order chi connectivity index (χ0) is 16.2. The maximum Gasteiger partial charge on any atom is 0.242 e. The van der Waals surface area contributed by atoms with Gasteiger partial charge in [-0.25, -0.2) is 4.98 Å². The lowest BCUT2D eigenvalue weighted by atomic mass is 9.80. The van der Waals surface area contributed by atoms with E-state index in [0.29, 0.717) is 12.5 Å². The SMILES string of the molecule is CC(=O)N[C@H](CC1CCC1)C(=O)NCc1ccc2nc[nH]c2c1. The van der Waals surface area contributed by atoms with Crippen molar-refractivity contribution in [2.24, 2.45) is 5.92 Å². The van der Waals surface area contributed by atoms with Gasteiger partial charge in [0.25, 0.3) is 0 Å². The van der Waals surface area contributed by atoms with Crippen molar-refractivity contribution in [3.05, 3.63) is 30.1 Å². The predicted molar refractivity (Wildman–Crippen MR) is 87.5 cm³/mol. The molecule has 0 radical (unpaired) electrons. The third kappa shape index (κ3) is 3.88. The highest BCUT2D eigenvalue weighted by Gasteiger charge is 2.27. The molecule has 3 N–H and O–H groups in total. The zero-order valence-corrected chi connectivity index (χ0v) is 13.3. The van der Waals surface area contributed by atoms with Gasteiger partial charge in [0.15, 0.2) is 0 Å². The number of hydrogen-bond acceptors (Lipinski definition) is 3. The standard InChI is InChI=1S/C17H22N4O2/c1-11(22)21-16(7-12-3-2-4-12)17(23)18-9-13-5-6-14-15(8-13)20-10-19-14/h5-6,8,10,12,16H,2-4,7,9H2,1H3,(H,18,23)(H,19,20)(H,21,22)/t16-/m1/s1. The van der Waals surface area contributed by atoms with E-state index in [1.165, 1.54) is 13.3 Å². The molecule has 6 nitrogen and oxygen atoms in total. The first-order valence-corrected chi connectivity index (χ1v) is 8.08. The van der Waals surface area contributed by atoms with Gasteiger partial charge in [-0.15, -0.1) is 0 Å². The van der Waals surface area contributed by atoms with Crippen LogP contribution in [-0.4, -0.2) is 27.8 Å². The van der Waals surface area contributed by atoms with Crippen LogP contribution < -0.4 is 10.6 Å². The number of hydrogen-bond donors (Lipinski definition) is 3. The third-order valence-corrected chi connectivity index (χ3v) is 4.44. The highest BCUT2D eigenvalue weighted by molar-refractivity contribution is 5.86. The Balaban J connectivity index is 1.59. The van der Waals surface area contributed by atoms with E-state index < -0.39 is 6.04 Å². The number of amides is 2. The van der Waals surface area contributed by atoms with Crippen molar-refractivity contribution in [3.8, 4) is 0 Å². The average Bonchev–Trinajstić information content (AvgIpc) is 2.94. The van der Waals surface area contributed by atoms with Gasteiger partial charge < -0.3 is 15.6 Å². The maximum absolute atomic E-state index is 12.4. The minimum absolute atomic E-state index is 0.114. The second kappa shape index (κ2) is 6.81. The van der Waals surface area contributed by atoms with Crippen LogP contribution in [0.25, 0.3) is 11.0 Å². The first-order chi connectivity index (χ1) is 11.1. The molecule has 1 aliphatic carbocycles. The van der Waals surface area contributed by atoms with Crippen LogP contribution in [0.4, 0.5) is 0 Å². The van der Waals surface area contributed by atoms with Crippen LogP contribution in [0.1, 0.15) is 38.2 Å². The molecule has 3 rings (SSSR count). The van der Waals surface area contributed by atoms with Gasteiger partial charge in [-0.3, -0.25) is 9.59 Å². The fraction of sp³-hybridized carbons (Fsp3) is 0.471. The Morgan fingerprint density at radius 3 is 2.91 bits per heavy atom. The van der Waals surface area contributed by atoms with Crippen molar-refractivity contribution in [2.75, 3.05) is 0 Å². The van der Waals surface area contributed by atoms with E-state index in [0.717, 1.165) is 35.9 Å². The lowest BCUT2D eigenvalue weighted by Gasteiger charge is -2.29. The summed E-state index contributed by atoms with van der Waals surface area (Å²) in [7, 11) is 0. The van der Waals surface area contributed by atoms with E-state index >= 15 is 0 Å². The summed E-state index contributed by atoms with van der Waals surface area (Å²) in [6.07, 6.45) is 5.91. The number of benzene rings is 1. The smallest absolute Gasteiger partial charge is 0.242 e. The molecule has 0 spiro atoms. The summed E-state index contributed by atoms with van der Waals surface area (Å²) in [6, 6.07) is 5.41. The molecule has 1 aliphatic rings. The van der Waals surface area contributed by atoms with Crippen LogP contribution >= 0.6 is 0 Å². The Bertz CT molecular complexity index is 705. The molecule has 1 heterocycles. The Labute approximate surface area is 135 Å². The topological polar surface area (TPSA) is 86.9 Å². The van der Waals surface area contributed by atoms with E-state index in [9.17, 15) is 9.59 Å². The number of rotatable bonds is 6. The number of aromatic nitrogens is 2. The largest absolute Gasteiger partial charge is 0.350 e. The van der Waals surface area contributed by atoms with Crippen LogP contribution in [0.2, 0.25) is 0 Å². The van der Waals surface area contributed by atoms with Gasteiger partial charge in [0, 0.05) is 13.5 Å². The fourth-order valence-electron chi connectivity index (χ4n) is 2.94. The first-order valence-electron chi connectivity index (χ1n) is 8.08. The highest BCUT2D eigenvalue weighted by Crippen LogP contribution is 2.30. The molecule has 6 heteroatoms. The number of carbonyl (C=O) groups is 2. The van der Waals surface area contributed by atoms with E-state index in [1.54, 1.807) is 6.33 Å². The number of nitrogens with zero attached hydrogens (tertiary/aromatic N) is 1. The van der Waals surface area contributed by atoms with Crippen LogP contribution in [0, 0.1) is 5.92 Å². The molecule has 1 aromatic carbocycles. The van der Waals surface area contributed by atoms with Gasteiger partial charge in [-0.2, -0.15) is 0 Å². The lowest BCUT2D eigenvalue weighted by molar-refractivity contribution is -0.128. The molecule has 0 bridgehead atoms. The molecule has 0 aliphatic heterocycles. The number of fused-ring (bicyclic) bond motifs is 1. The molecular formula is C17H22N4O2. The van der Waals surface area contributed by atoms with E-state index in [1.807, 2.05) is 18.2 Å². The number of imidazole rings is 1. The summed E-state index contributed by atoms with van der Waals surface area (Å²) in [5.41, 5.74) is 2.85. The van der Waals surface area contributed by atoms with Gasteiger partial charge in [-0.1, -0.05) is 25.3 Å². The monoisotopic (exact) mass is 314 g/mol. The van der Waals surface area contributed by atoms with Crippen LogP contribution in [-0.2, 0) is 16.1 Å². The van der Waals surface area contributed by atoms with Crippen molar-refractivity contribution < 1.29 is 9.59 Å². The van der Waals surface area contributed by atoms with Crippen molar-refractivity contribution >= 4 is 22.8 Å². The average molecular weight is 314 g/mol. The van der Waals surface area contributed by atoms with Gasteiger partial charge >= 0.3 is 0 Å². The number of aromatic amines is 1. The summed E-state index contributed by atoms with van der Waals surface area (Å²) in [5.74, 6) is 0.277. The Morgan fingerprint density at radius 1 is 1.39 bits per heavy atom. The molecule has 1 fully saturated rings. The first kappa shape index (κ1) is 15.5. The van der Waals surface area contributed by atoms with Crippen LogP contribution in [0.15, 0.2) is 24.5 Å². The molecular weight excluding hydrogens is 292 g/mol. The van der Waals surface area contributed by atoms with Crippen molar-refractivity contribution in [1.29, 1.82) is 0 Å². The summed E-state index contributed by atoms with van der Waals surface area (Å²) in [5, 5.41) is 5.70. The molecule has 0 saturated heterocycles. The molecule has 1 aromatic heterocycles. The number of H-pyrrole nitrogens is 1. The van der Waals surface area contributed by atoms with Crippen molar-refractivity contribution in [2.45, 2.75) is 45.2 Å². The molecule has 1 saturated carbocycles. The lowest BCUT2D eigenvalue weighted by Crippen LogP contribution is -2.47. The van der Waals surface area contributed by atoms with Gasteiger partial charge in [-0.05, 0) is 30.0 Å². The number of carbonyl (C=O) groups excluding carboxylic acids is 2. The molecule has 122 valence electrons. The van der Waals surface area contributed by atoms with E-state index in [4.69, 9.17) is 0 Å². The third-order valence-electron chi connectivity index (χ3n) is 4.44. The molecule has 23 heavy (non-hydrogen) atoms. The quantitative estimate of drug-likeness (QED) is 0.761. The minimum Gasteiger partial charge on any atom is -0.350 e. The molecule has 2 aromatic rings. The maximum atomic E-state index is 12.4. The number of nitrogens with one attached hydrogen (secondary N) is 3. The molecule has 2 amide bonds. The minimum atomic E-state index is -0.436. The van der Waals surface area contributed by atoms with Gasteiger partial charge in [0.2, 0.25) is 11.8 Å². The Kier molecular flexibility index (Phi) is 4.60. The summed E-state index contributed by atoms with van der Waals surface area (Å²) in [6.45, 7) is 1.89. The van der Waals surface area contributed by atoms with Crippen LogP contribution in [0.5, 0.6) is 0 Å². The summed E-state index contributed by atoms with van der Waals surface area (Å²) < 4.78 is 0. The zero-order valence-electron chi connectivity index (χ0n) is 13.3. The highest BCUT2D eigenvalue weighted by atomic mass is 16.2. The Morgan fingerprint density at radius 2 is 2.22 bits per heavy atom. The normalized spacial score (nSPS) is 15.9. The van der Waals surface area contributed by atoms with Crippen molar-refractivity contribution in [3.63, 3.8) is 0 Å². The second-order valence-corrected chi connectivity index (χ2v) is 6.26.